The van der Waals surface area contributed by atoms with Crippen LogP contribution in [0.3, 0.4) is 0 Å². The van der Waals surface area contributed by atoms with E-state index in [1.54, 1.807) is 12.4 Å². The Labute approximate surface area is 82.8 Å². The zero-order chi connectivity index (χ0) is 10.0. The van der Waals surface area contributed by atoms with Crippen LogP contribution in [-0.4, -0.2) is 28.8 Å². The molecule has 1 fully saturated rings. The van der Waals surface area contributed by atoms with Crippen LogP contribution in [0.25, 0.3) is 0 Å². The highest BCUT2D eigenvalue weighted by Gasteiger charge is 2.36. The average molecular weight is 191 g/mol. The van der Waals surface area contributed by atoms with E-state index in [0.29, 0.717) is 5.56 Å². The first-order chi connectivity index (χ1) is 6.72. The summed E-state index contributed by atoms with van der Waals surface area (Å²) in [6, 6.07) is 0. The molecule has 4 heteroatoms. The Bertz CT molecular complexity index is 330. The molecule has 2 rings (SSSR count). The first-order valence-corrected chi connectivity index (χ1v) is 4.73. The first kappa shape index (κ1) is 9.27. The third kappa shape index (κ3) is 1.53. The van der Waals surface area contributed by atoms with Crippen LogP contribution < -0.4 is 5.32 Å². The van der Waals surface area contributed by atoms with Crippen LogP contribution in [0.4, 0.5) is 0 Å². The average Bonchev–Trinajstić information content (AvgIpc) is 2.67. The van der Waals surface area contributed by atoms with E-state index >= 15 is 0 Å². The third-order valence-corrected chi connectivity index (χ3v) is 2.74. The van der Waals surface area contributed by atoms with Crippen molar-refractivity contribution in [3.05, 3.63) is 24.3 Å². The maximum atomic E-state index is 12.0. The second-order valence-electron chi connectivity index (χ2n) is 3.94. The normalized spacial score (nSPS) is 26.4. The molecule has 1 unspecified atom stereocenters. The summed E-state index contributed by atoms with van der Waals surface area (Å²) in [6.07, 6.45) is 5.49. The van der Waals surface area contributed by atoms with Gasteiger partial charge in [-0.05, 0) is 13.0 Å². The van der Waals surface area contributed by atoms with Crippen molar-refractivity contribution in [2.75, 3.05) is 13.1 Å². The summed E-state index contributed by atoms with van der Waals surface area (Å²) in [5.41, 5.74) is 0.337. The standard InChI is InChI=1S/C10H13N3O/c1-10(2-3-11-6-10)9(14)8-4-12-7-13-5-8/h4-5,7,11H,2-3,6H2,1H3. The predicted molar refractivity (Wildman–Crippen MR) is 52.0 cm³/mol. The highest BCUT2D eigenvalue weighted by molar-refractivity contribution is 6.00. The maximum Gasteiger partial charge on any atom is 0.173 e. The van der Waals surface area contributed by atoms with E-state index in [-0.39, 0.29) is 11.2 Å². The molecule has 14 heavy (non-hydrogen) atoms. The van der Waals surface area contributed by atoms with Crippen LogP contribution in [0.5, 0.6) is 0 Å². The van der Waals surface area contributed by atoms with Crippen LogP contribution in [0, 0.1) is 5.41 Å². The quantitative estimate of drug-likeness (QED) is 0.698. The van der Waals surface area contributed by atoms with Crippen molar-refractivity contribution in [1.82, 2.24) is 15.3 Å². The van der Waals surface area contributed by atoms with E-state index < -0.39 is 0 Å². The summed E-state index contributed by atoms with van der Waals surface area (Å²) in [5.74, 6) is 0.142. The number of ketones is 1. The minimum Gasteiger partial charge on any atom is -0.316 e. The lowest BCUT2D eigenvalue weighted by Gasteiger charge is -2.20. The number of rotatable bonds is 2. The van der Waals surface area contributed by atoms with E-state index in [2.05, 4.69) is 15.3 Å². The molecule has 0 aromatic carbocycles. The Morgan fingerprint density at radius 1 is 1.50 bits per heavy atom. The fourth-order valence-corrected chi connectivity index (χ4v) is 1.78. The Morgan fingerprint density at radius 3 is 2.79 bits per heavy atom. The molecule has 1 N–H and O–H groups in total. The molecule has 0 bridgehead atoms. The summed E-state index contributed by atoms with van der Waals surface area (Å²) in [5, 5.41) is 3.20. The fraction of sp³-hybridized carbons (Fsp3) is 0.500. The van der Waals surface area contributed by atoms with Gasteiger partial charge in [0.05, 0.1) is 5.56 Å². The predicted octanol–water partition coefficient (Wildman–Crippen LogP) is 0.659. The zero-order valence-electron chi connectivity index (χ0n) is 8.16. The minimum absolute atomic E-state index is 0.142. The lowest BCUT2D eigenvalue weighted by atomic mass is 9.82. The van der Waals surface area contributed by atoms with Crippen LogP contribution >= 0.6 is 0 Å². The molecule has 0 saturated carbocycles. The smallest absolute Gasteiger partial charge is 0.173 e. The molecule has 1 atom stereocenters. The molecule has 0 radical (unpaired) electrons. The molecule has 1 aromatic rings. The van der Waals surface area contributed by atoms with Crippen molar-refractivity contribution < 1.29 is 4.79 Å². The Balaban J connectivity index is 2.24. The molecule has 1 saturated heterocycles. The summed E-state index contributed by atoms with van der Waals surface area (Å²) in [4.78, 5) is 19.8. The fourth-order valence-electron chi connectivity index (χ4n) is 1.78. The van der Waals surface area contributed by atoms with Gasteiger partial charge >= 0.3 is 0 Å². The van der Waals surface area contributed by atoms with Gasteiger partial charge in [0, 0.05) is 24.4 Å². The van der Waals surface area contributed by atoms with E-state index in [4.69, 9.17) is 0 Å². The van der Waals surface area contributed by atoms with Gasteiger partial charge in [-0.2, -0.15) is 0 Å². The number of aromatic nitrogens is 2. The number of carbonyl (C=O) groups excluding carboxylic acids is 1. The largest absolute Gasteiger partial charge is 0.316 e. The van der Waals surface area contributed by atoms with Crippen molar-refractivity contribution >= 4 is 5.78 Å². The van der Waals surface area contributed by atoms with Gasteiger partial charge in [-0.3, -0.25) is 4.79 Å². The number of nitrogens with one attached hydrogen (secondary N) is 1. The number of nitrogens with zero attached hydrogens (tertiary/aromatic N) is 2. The van der Waals surface area contributed by atoms with Gasteiger partial charge in [0.25, 0.3) is 0 Å². The highest BCUT2D eigenvalue weighted by Crippen LogP contribution is 2.28. The molecule has 1 aliphatic heterocycles. The molecule has 0 spiro atoms. The van der Waals surface area contributed by atoms with Crippen molar-refractivity contribution in [2.45, 2.75) is 13.3 Å². The van der Waals surface area contributed by atoms with Gasteiger partial charge in [-0.1, -0.05) is 6.92 Å². The Kier molecular flexibility index (Phi) is 2.29. The maximum absolute atomic E-state index is 12.0. The van der Waals surface area contributed by atoms with Gasteiger partial charge in [-0.15, -0.1) is 0 Å². The van der Waals surface area contributed by atoms with E-state index in [1.165, 1.54) is 6.33 Å². The van der Waals surface area contributed by atoms with Crippen molar-refractivity contribution in [1.29, 1.82) is 0 Å². The first-order valence-electron chi connectivity index (χ1n) is 4.73. The molecule has 0 amide bonds. The summed E-state index contributed by atoms with van der Waals surface area (Å²) < 4.78 is 0. The topological polar surface area (TPSA) is 54.9 Å². The van der Waals surface area contributed by atoms with Crippen LogP contribution in [0.15, 0.2) is 18.7 Å². The Morgan fingerprint density at radius 2 is 2.21 bits per heavy atom. The number of carbonyl (C=O) groups is 1. The Hall–Kier alpha value is -1.29. The van der Waals surface area contributed by atoms with E-state index in [0.717, 1.165) is 19.5 Å². The monoisotopic (exact) mass is 191 g/mol. The van der Waals surface area contributed by atoms with Crippen molar-refractivity contribution in [3.8, 4) is 0 Å². The van der Waals surface area contributed by atoms with Gasteiger partial charge < -0.3 is 5.32 Å². The number of Topliss-reactive ketones (excluding diaryl/α,β-unsaturated/α-hetero) is 1. The third-order valence-electron chi connectivity index (χ3n) is 2.74. The molecule has 1 aliphatic rings. The van der Waals surface area contributed by atoms with Crippen molar-refractivity contribution in [2.24, 2.45) is 5.41 Å². The van der Waals surface area contributed by atoms with Gasteiger partial charge in [0.2, 0.25) is 0 Å². The lowest BCUT2D eigenvalue weighted by Crippen LogP contribution is -2.30. The van der Waals surface area contributed by atoms with Gasteiger partial charge in [0.15, 0.2) is 5.78 Å². The van der Waals surface area contributed by atoms with E-state index in [1.807, 2.05) is 6.92 Å². The summed E-state index contributed by atoms with van der Waals surface area (Å²) in [7, 11) is 0. The molecular weight excluding hydrogens is 178 g/mol. The minimum atomic E-state index is -0.273. The van der Waals surface area contributed by atoms with E-state index in [9.17, 15) is 4.79 Å². The highest BCUT2D eigenvalue weighted by atomic mass is 16.1. The van der Waals surface area contributed by atoms with Gasteiger partial charge in [0.1, 0.15) is 6.33 Å². The van der Waals surface area contributed by atoms with Gasteiger partial charge in [-0.25, -0.2) is 9.97 Å². The molecule has 2 heterocycles. The van der Waals surface area contributed by atoms with Crippen LogP contribution in [0.2, 0.25) is 0 Å². The second-order valence-corrected chi connectivity index (χ2v) is 3.94. The molecule has 0 aliphatic carbocycles. The number of hydrogen-bond acceptors (Lipinski definition) is 4. The lowest BCUT2D eigenvalue weighted by molar-refractivity contribution is 0.0838. The SMILES string of the molecule is CC1(C(=O)c2cncnc2)CCNC1. The second kappa shape index (κ2) is 3.46. The molecule has 74 valence electrons. The zero-order valence-corrected chi connectivity index (χ0v) is 8.16. The van der Waals surface area contributed by atoms with Crippen LogP contribution in [-0.2, 0) is 0 Å². The number of hydrogen-bond donors (Lipinski definition) is 1. The summed E-state index contributed by atoms with van der Waals surface area (Å²) in [6.45, 7) is 3.65. The molecule has 4 nitrogen and oxygen atoms in total. The summed E-state index contributed by atoms with van der Waals surface area (Å²) >= 11 is 0. The molecular formula is C10H13N3O. The van der Waals surface area contributed by atoms with Crippen LogP contribution in [0.1, 0.15) is 23.7 Å². The van der Waals surface area contributed by atoms with Crippen molar-refractivity contribution in [3.63, 3.8) is 0 Å². The molecule has 1 aromatic heterocycles.